The van der Waals surface area contributed by atoms with Crippen LogP contribution in [0.15, 0.2) is 0 Å². The smallest absolute Gasteiger partial charge is 0.0835 e. The Labute approximate surface area is 240 Å². The van der Waals surface area contributed by atoms with E-state index in [0.717, 1.165) is 37.5 Å². The van der Waals surface area contributed by atoms with Gasteiger partial charge in [-0.3, -0.25) is 0 Å². The van der Waals surface area contributed by atoms with Crippen LogP contribution in [0.1, 0.15) is 123 Å². The summed E-state index contributed by atoms with van der Waals surface area (Å²) in [5.74, 6) is 6.24. The molecule has 0 aromatic rings. The maximum atomic E-state index is 11.4. The Morgan fingerprint density at radius 2 is 1.00 bits per heavy atom. The van der Waals surface area contributed by atoms with Crippen LogP contribution in [-0.4, -0.2) is 48.8 Å². The minimum atomic E-state index is -0.114. The topological polar surface area (TPSA) is 58.9 Å². The maximum absolute atomic E-state index is 11.4. The monoisotopic (exact) mass is 546 g/mol. The van der Waals surface area contributed by atoms with Crippen molar-refractivity contribution in [1.29, 1.82) is 0 Å². The van der Waals surface area contributed by atoms with Crippen molar-refractivity contribution in [3.05, 3.63) is 0 Å². The fourth-order valence-corrected chi connectivity index (χ4v) is 11.1. The molecule has 0 aliphatic heterocycles. The van der Waals surface area contributed by atoms with Gasteiger partial charge in [0, 0.05) is 14.2 Å². The van der Waals surface area contributed by atoms with Crippen molar-refractivity contribution in [2.24, 2.45) is 59.2 Å². The highest BCUT2D eigenvalue weighted by Crippen LogP contribution is 2.55. The van der Waals surface area contributed by atoms with E-state index in [4.69, 9.17) is 9.47 Å². The first-order valence-electron chi connectivity index (χ1n) is 17.3. The van der Waals surface area contributed by atoms with Gasteiger partial charge < -0.3 is 19.7 Å². The third kappa shape index (κ3) is 6.75. The molecule has 5 aliphatic carbocycles. The summed E-state index contributed by atoms with van der Waals surface area (Å²) >= 11 is 0. The van der Waals surface area contributed by atoms with E-state index in [0.29, 0.717) is 47.3 Å². The highest BCUT2D eigenvalue weighted by Gasteiger charge is 2.50. The van der Waals surface area contributed by atoms with Crippen molar-refractivity contribution < 1.29 is 19.7 Å². The molecule has 4 heteroatoms. The van der Waals surface area contributed by atoms with Crippen molar-refractivity contribution in [3.63, 3.8) is 0 Å². The summed E-state index contributed by atoms with van der Waals surface area (Å²) in [5, 5.41) is 22.8. The largest absolute Gasteiger partial charge is 0.393 e. The van der Waals surface area contributed by atoms with Gasteiger partial charge in [-0.2, -0.15) is 0 Å². The van der Waals surface area contributed by atoms with Gasteiger partial charge >= 0.3 is 0 Å². The summed E-state index contributed by atoms with van der Waals surface area (Å²) in [7, 11) is 3.73. The van der Waals surface area contributed by atoms with E-state index < -0.39 is 0 Å². The molecule has 0 saturated heterocycles. The zero-order chi connectivity index (χ0) is 27.5. The number of hydrogen-bond donors (Lipinski definition) is 2. The standard InChI is InChI=1S/C35H62O4/c1-22-17-31(36)29(24-11-7-5-8-12-24)20-27(22)35(26-15-16-33(38-3)34(19-26)39-4)28-21-30(32(37)18-23(28)2)25-13-9-6-10-14-25/h22-37H,5-21H2,1-4H3. The summed E-state index contributed by atoms with van der Waals surface area (Å²) in [6.07, 6.45) is 21.5. The molecule has 4 nitrogen and oxygen atoms in total. The summed E-state index contributed by atoms with van der Waals surface area (Å²) in [6, 6.07) is 0. The first-order chi connectivity index (χ1) is 18.9. The summed E-state index contributed by atoms with van der Waals surface area (Å²) in [6.45, 7) is 4.93. The van der Waals surface area contributed by atoms with Crippen LogP contribution in [0.5, 0.6) is 0 Å². The van der Waals surface area contributed by atoms with Gasteiger partial charge in [-0.1, -0.05) is 78.1 Å². The van der Waals surface area contributed by atoms with E-state index in [1.54, 1.807) is 0 Å². The second kappa shape index (κ2) is 13.9. The number of aliphatic hydroxyl groups excluding tert-OH is 2. The molecule has 0 aromatic heterocycles. The van der Waals surface area contributed by atoms with Gasteiger partial charge in [-0.05, 0) is 104 Å². The predicted octanol–water partition coefficient (Wildman–Crippen LogP) is 7.64. The van der Waals surface area contributed by atoms with Gasteiger partial charge in [-0.25, -0.2) is 0 Å². The molecule has 11 unspecified atom stereocenters. The molecule has 0 aromatic carbocycles. The number of aliphatic hydroxyl groups is 2. The molecule has 11 atom stereocenters. The van der Waals surface area contributed by atoms with Crippen LogP contribution in [-0.2, 0) is 9.47 Å². The van der Waals surface area contributed by atoms with Crippen molar-refractivity contribution in [2.75, 3.05) is 14.2 Å². The Kier molecular flexibility index (Phi) is 10.8. The van der Waals surface area contributed by atoms with Gasteiger partial charge in [0.05, 0.1) is 24.4 Å². The first-order valence-corrected chi connectivity index (χ1v) is 17.3. The van der Waals surface area contributed by atoms with Gasteiger partial charge in [0.15, 0.2) is 0 Å². The highest BCUT2D eigenvalue weighted by molar-refractivity contribution is 5.00. The number of hydrogen-bond acceptors (Lipinski definition) is 4. The molecule has 5 rings (SSSR count). The zero-order valence-electron chi connectivity index (χ0n) is 25.8. The fourth-order valence-electron chi connectivity index (χ4n) is 11.1. The molecule has 5 fully saturated rings. The second-order valence-corrected chi connectivity index (χ2v) is 15.2. The Bertz CT molecular complexity index is 684. The first kappa shape index (κ1) is 30.3. The van der Waals surface area contributed by atoms with Crippen LogP contribution in [0.4, 0.5) is 0 Å². The van der Waals surface area contributed by atoms with Crippen LogP contribution in [0.25, 0.3) is 0 Å². The molecule has 0 amide bonds. The lowest BCUT2D eigenvalue weighted by molar-refractivity contribution is -0.116. The minimum Gasteiger partial charge on any atom is -0.393 e. The molecule has 5 aliphatic rings. The molecular formula is C35H62O4. The summed E-state index contributed by atoms with van der Waals surface area (Å²) < 4.78 is 12.0. The molecule has 0 bridgehead atoms. The zero-order valence-corrected chi connectivity index (χ0v) is 25.8. The highest BCUT2D eigenvalue weighted by atomic mass is 16.5. The van der Waals surface area contributed by atoms with Gasteiger partial charge in [0.1, 0.15) is 0 Å². The Hall–Kier alpha value is -0.160. The minimum absolute atomic E-state index is 0.114. The van der Waals surface area contributed by atoms with Crippen molar-refractivity contribution >= 4 is 0 Å². The molecule has 226 valence electrons. The maximum Gasteiger partial charge on any atom is 0.0835 e. The average molecular weight is 547 g/mol. The second-order valence-electron chi connectivity index (χ2n) is 15.2. The normalized spacial score (nSPS) is 46.2. The fraction of sp³-hybridized carbons (Fsp3) is 1.00. The Balaban J connectivity index is 1.43. The van der Waals surface area contributed by atoms with Gasteiger partial charge in [-0.15, -0.1) is 0 Å². The van der Waals surface area contributed by atoms with Crippen molar-refractivity contribution in [2.45, 2.75) is 147 Å². The third-order valence-electron chi connectivity index (χ3n) is 13.2. The van der Waals surface area contributed by atoms with E-state index in [1.165, 1.54) is 83.5 Å². The SMILES string of the molecule is COC1CCC(C(C2CC(C3CCCCC3)C(O)CC2C)C2CC(C3CCCCC3)C(O)CC2C)CC1OC. The number of ether oxygens (including phenoxy) is 2. The lowest BCUT2D eigenvalue weighted by Gasteiger charge is -2.54. The average Bonchev–Trinajstić information content (AvgIpc) is 2.96. The van der Waals surface area contributed by atoms with Gasteiger partial charge in [0.2, 0.25) is 0 Å². The van der Waals surface area contributed by atoms with E-state index >= 15 is 0 Å². The van der Waals surface area contributed by atoms with E-state index in [2.05, 4.69) is 13.8 Å². The van der Waals surface area contributed by atoms with E-state index in [1.807, 2.05) is 14.2 Å². The van der Waals surface area contributed by atoms with E-state index in [-0.39, 0.29) is 24.4 Å². The molecule has 0 radical (unpaired) electrons. The van der Waals surface area contributed by atoms with Crippen LogP contribution in [0, 0.1) is 59.2 Å². The van der Waals surface area contributed by atoms with E-state index in [9.17, 15) is 10.2 Å². The summed E-state index contributed by atoms with van der Waals surface area (Å²) in [4.78, 5) is 0. The molecule has 0 heterocycles. The summed E-state index contributed by atoms with van der Waals surface area (Å²) in [5.41, 5.74) is 0. The molecule has 5 saturated carbocycles. The van der Waals surface area contributed by atoms with Crippen molar-refractivity contribution in [1.82, 2.24) is 0 Å². The number of methoxy groups -OCH3 is 2. The molecular weight excluding hydrogens is 484 g/mol. The van der Waals surface area contributed by atoms with Gasteiger partial charge in [0.25, 0.3) is 0 Å². The Morgan fingerprint density at radius 1 is 0.538 bits per heavy atom. The van der Waals surface area contributed by atoms with Crippen LogP contribution < -0.4 is 0 Å². The Morgan fingerprint density at radius 3 is 1.44 bits per heavy atom. The molecule has 2 N–H and O–H groups in total. The quantitative estimate of drug-likeness (QED) is 0.344. The molecule has 39 heavy (non-hydrogen) atoms. The predicted molar refractivity (Wildman–Crippen MR) is 158 cm³/mol. The van der Waals surface area contributed by atoms with Crippen LogP contribution in [0.3, 0.4) is 0 Å². The molecule has 0 spiro atoms. The lowest BCUT2D eigenvalue weighted by atomic mass is 9.52. The van der Waals surface area contributed by atoms with Crippen LogP contribution in [0.2, 0.25) is 0 Å². The van der Waals surface area contributed by atoms with Crippen LogP contribution >= 0.6 is 0 Å². The lowest BCUT2D eigenvalue weighted by Crippen LogP contribution is -2.50. The number of rotatable bonds is 7. The van der Waals surface area contributed by atoms with Crippen molar-refractivity contribution in [3.8, 4) is 0 Å². The third-order valence-corrected chi connectivity index (χ3v) is 13.2.